The normalized spacial score (nSPS) is 14.4. The summed E-state index contributed by atoms with van der Waals surface area (Å²) in [7, 11) is 1.67. The van der Waals surface area contributed by atoms with E-state index in [0.717, 1.165) is 39.9 Å². The zero-order valence-corrected chi connectivity index (χ0v) is 17.3. The standard InChI is InChI=1S/C20H21ClN4O2S/c1-13-3-8-16(27-2)17-18(13)28-20(23-17)25-11-9-24(10-12-25)19(26)22-15-6-4-14(21)5-7-15/h3-8H,9-12H2,1-2H3,(H,22,26). The van der Waals surface area contributed by atoms with Gasteiger partial charge in [0, 0.05) is 36.9 Å². The van der Waals surface area contributed by atoms with Gasteiger partial charge in [0.1, 0.15) is 11.3 Å². The third kappa shape index (κ3) is 3.72. The number of urea groups is 1. The maximum Gasteiger partial charge on any atom is 0.321 e. The van der Waals surface area contributed by atoms with Crippen LogP contribution in [0.2, 0.25) is 5.02 Å². The van der Waals surface area contributed by atoms with E-state index in [0.29, 0.717) is 18.1 Å². The van der Waals surface area contributed by atoms with Crippen LogP contribution in [0, 0.1) is 6.92 Å². The number of hydrogen-bond acceptors (Lipinski definition) is 5. The van der Waals surface area contributed by atoms with Gasteiger partial charge in [0.25, 0.3) is 0 Å². The molecule has 6 nitrogen and oxygen atoms in total. The first-order chi connectivity index (χ1) is 13.5. The van der Waals surface area contributed by atoms with E-state index in [1.807, 2.05) is 11.0 Å². The number of ether oxygens (including phenoxy) is 1. The highest BCUT2D eigenvalue weighted by molar-refractivity contribution is 7.22. The van der Waals surface area contributed by atoms with Crippen molar-refractivity contribution in [3.63, 3.8) is 0 Å². The molecule has 1 fully saturated rings. The summed E-state index contributed by atoms with van der Waals surface area (Å²) in [5.74, 6) is 0.795. The topological polar surface area (TPSA) is 57.7 Å². The molecule has 0 saturated carbocycles. The molecule has 0 aliphatic carbocycles. The number of aromatic nitrogens is 1. The number of carbonyl (C=O) groups is 1. The van der Waals surface area contributed by atoms with Gasteiger partial charge in [-0.1, -0.05) is 29.0 Å². The van der Waals surface area contributed by atoms with Gasteiger partial charge < -0.3 is 19.9 Å². The molecule has 1 aliphatic rings. The zero-order valence-electron chi connectivity index (χ0n) is 15.7. The first kappa shape index (κ1) is 18.8. The highest BCUT2D eigenvalue weighted by atomic mass is 35.5. The van der Waals surface area contributed by atoms with Crippen LogP contribution in [-0.4, -0.2) is 49.2 Å². The molecule has 1 aliphatic heterocycles. The van der Waals surface area contributed by atoms with Gasteiger partial charge >= 0.3 is 6.03 Å². The summed E-state index contributed by atoms with van der Waals surface area (Å²) in [4.78, 5) is 21.4. The molecule has 1 N–H and O–H groups in total. The number of hydrogen-bond donors (Lipinski definition) is 1. The smallest absolute Gasteiger partial charge is 0.321 e. The van der Waals surface area contributed by atoms with Crippen molar-refractivity contribution in [2.24, 2.45) is 0 Å². The average molecular weight is 417 g/mol. The van der Waals surface area contributed by atoms with E-state index in [1.165, 1.54) is 5.56 Å². The molecule has 28 heavy (non-hydrogen) atoms. The number of anilines is 2. The number of nitrogens with one attached hydrogen (secondary N) is 1. The average Bonchev–Trinajstić information content (AvgIpc) is 3.16. The Morgan fingerprint density at radius 1 is 1.14 bits per heavy atom. The lowest BCUT2D eigenvalue weighted by atomic mass is 10.2. The number of amides is 2. The van der Waals surface area contributed by atoms with Crippen molar-refractivity contribution in [3.8, 4) is 5.75 Å². The maximum atomic E-state index is 12.5. The monoisotopic (exact) mass is 416 g/mol. The van der Waals surface area contributed by atoms with Gasteiger partial charge in [-0.25, -0.2) is 9.78 Å². The summed E-state index contributed by atoms with van der Waals surface area (Å²) < 4.78 is 6.60. The van der Waals surface area contributed by atoms with Crippen molar-refractivity contribution in [1.29, 1.82) is 0 Å². The summed E-state index contributed by atoms with van der Waals surface area (Å²) in [6.45, 7) is 4.87. The maximum absolute atomic E-state index is 12.5. The van der Waals surface area contributed by atoms with Crippen LogP contribution in [0.1, 0.15) is 5.56 Å². The van der Waals surface area contributed by atoms with Gasteiger partial charge in [0.15, 0.2) is 5.13 Å². The Morgan fingerprint density at radius 3 is 2.54 bits per heavy atom. The van der Waals surface area contributed by atoms with Crippen LogP contribution in [0.4, 0.5) is 15.6 Å². The molecule has 8 heteroatoms. The second-order valence-corrected chi connectivity index (χ2v) is 8.08. The minimum absolute atomic E-state index is 0.0937. The van der Waals surface area contributed by atoms with Crippen molar-refractivity contribution in [2.75, 3.05) is 43.5 Å². The van der Waals surface area contributed by atoms with Crippen LogP contribution in [0.5, 0.6) is 5.75 Å². The van der Waals surface area contributed by atoms with E-state index >= 15 is 0 Å². The third-order valence-electron chi connectivity index (χ3n) is 4.84. The molecule has 3 aromatic rings. The van der Waals surface area contributed by atoms with Crippen LogP contribution >= 0.6 is 22.9 Å². The van der Waals surface area contributed by atoms with Gasteiger partial charge in [-0.15, -0.1) is 0 Å². The van der Waals surface area contributed by atoms with E-state index < -0.39 is 0 Å². The lowest BCUT2D eigenvalue weighted by Crippen LogP contribution is -2.50. The summed E-state index contributed by atoms with van der Waals surface area (Å²) >= 11 is 7.56. The van der Waals surface area contributed by atoms with Crippen molar-refractivity contribution in [2.45, 2.75) is 6.92 Å². The minimum atomic E-state index is -0.0937. The van der Waals surface area contributed by atoms with Crippen molar-refractivity contribution < 1.29 is 9.53 Å². The van der Waals surface area contributed by atoms with Crippen molar-refractivity contribution in [3.05, 3.63) is 47.0 Å². The molecule has 1 aromatic heterocycles. The quantitative estimate of drug-likeness (QED) is 0.676. The number of rotatable bonds is 3. The molecule has 0 spiro atoms. The van der Waals surface area contributed by atoms with E-state index in [1.54, 1.807) is 42.7 Å². The molecule has 2 amide bonds. The van der Waals surface area contributed by atoms with Crippen LogP contribution in [0.3, 0.4) is 0 Å². The van der Waals surface area contributed by atoms with Crippen LogP contribution < -0.4 is 15.0 Å². The first-order valence-electron chi connectivity index (χ1n) is 9.06. The summed E-state index contributed by atoms with van der Waals surface area (Å²) in [6.07, 6.45) is 0. The Balaban J connectivity index is 1.42. The fourth-order valence-corrected chi connectivity index (χ4v) is 4.46. The number of methoxy groups -OCH3 is 1. The first-order valence-corrected chi connectivity index (χ1v) is 10.2. The summed E-state index contributed by atoms with van der Waals surface area (Å²) in [5, 5.41) is 4.54. The highest BCUT2D eigenvalue weighted by Gasteiger charge is 2.24. The Kier molecular flexibility index (Phi) is 5.28. The van der Waals surface area contributed by atoms with Crippen LogP contribution in [0.15, 0.2) is 36.4 Å². The minimum Gasteiger partial charge on any atom is -0.494 e. The number of halogens is 1. The van der Waals surface area contributed by atoms with Gasteiger partial charge in [0.05, 0.1) is 11.8 Å². The zero-order chi connectivity index (χ0) is 19.7. The third-order valence-corrected chi connectivity index (χ3v) is 6.35. The fraction of sp³-hybridized carbons (Fsp3) is 0.300. The number of fused-ring (bicyclic) bond motifs is 1. The molecule has 0 bridgehead atoms. The lowest BCUT2D eigenvalue weighted by molar-refractivity contribution is 0.208. The van der Waals surface area contributed by atoms with Crippen molar-refractivity contribution >= 4 is 50.0 Å². The Bertz CT molecular complexity index is 997. The number of piperazine rings is 1. The largest absolute Gasteiger partial charge is 0.494 e. The predicted octanol–water partition coefficient (Wildman–Crippen LogP) is 4.62. The predicted molar refractivity (Wildman–Crippen MR) is 115 cm³/mol. The second kappa shape index (κ2) is 7.85. The Morgan fingerprint density at radius 2 is 1.86 bits per heavy atom. The molecule has 1 saturated heterocycles. The lowest BCUT2D eigenvalue weighted by Gasteiger charge is -2.34. The number of nitrogens with zero attached hydrogens (tertiary/aromatic N) is 3. The highest BCUT2D eigenvalue weighted by Crippen LogP contribution is 2.36. The summed E-state index contributed by atoms with van der Waals surface area (Å²) in [5.41, 5.74) is 2.84. The molecule has 2 aromatic carbocycles. The molecule has 4 rings (SSSR count). The van der Waals surface area contributed by atoms with E-state index in [4.69, 9.17) is 21.3 Å². The van der Waals surface area contributed by atoms with E-state index in [-0.39, 0.29) is 6.03 Å². The van der Waals surface area contributed by atoms with Gasteiger partial charge in [0.2, 0.25) is 0 Å². The number of benzene rings is 2. The number of carbonyl (C=O) groups excluding carboxylic acids is 1. The van der Waals surface area contributed by atoms with Crippen LogP contribution in [0.25, 0.3) is 10.2 Å². The van der Waals surface area contributed by atoms with E-state index in [2.05, 4.69) is 23.2 Å². The molecule has 0 radical (unpaired) electrons. The molecular formula is C20H21ClN4O2S. The Labute approximate surface area is 172 Å². The van der Waals surface area contributed by atoms with Crippen molar-refractivity contribution in [1.82, 2.24) is 9.88 Å². The summed E-state index contributed by atoms with van der Waals surface area (Å²) in [6, 6.07) is 11.0. The SMILES string of the molecule is COc1ccc(C)c2sc(N3CCN(C(=O)Nc4ccc(Cl)cc4)CC3)nc12. The van der Waals surface area contributed by atoms with Gasteiger partial charge in [-0.3, -0.25) is 0 Å². The number of aryl methyl sites for hydroxylation is 1. The second-order valence-electron chi connectivity index (χ2n) is 6.67. The van der Waals surface area contributed by atoms with Gasteiger partial charge in [-0.2, -0.15) is 0 Å². The molecule has 2 heterocycles. The van der Waals surface area contributed by atoms with Crippen LogP contribution in [-0.2, 0) is 0 Å². The fourth-order valence-electron chi connectivity index (χ4n) is 3.23. The molecule has 0 unspecified atom stereocenters. The molecule has 0 atom stereocenters. The molecular weight excluding hydrogens is 396 g/mol. The molecule has 146 valence electrons. The Hall–Kier alpha value is -2.51. The van der Waals surface area contributed by atoms with Gasteiger partial charge in [-0.05, 0) is 42.8 Å². The van der Waals surface area contributed by atoms with E-state index in [9.17, 15) is 4.79 Å². The number of thiazole rings is 1.